The smallest absolute Gasteiger partial charge is 0.0713 e. The molecule has 0 heterocycles. The van der Waals surface area contributed by atoms with E-state index in [1.54, 1.807) is 11.8 Å². The number of unbranched alkanes of at least 4 members (excludes halogenated alkanes) is 1. The molecular formula is C13H20OS. The van der Waals surface area contributed by atoms with Gasteiger partial charge in [-0.2, -0.15) is 0 Å². The molecule has 0 aliphatic carbocycles. The van der Waals surface area contributed by atoms with Crippen LogP contribution in [0.1, 0.15) is 33.1 Å². The monoisotopic (exact) mass is 224 g/mol. The van der Waals surface area contributed by atoms with E-state index in [1.807, 2.05) is 25.1 Å². The average Bonchev–Trinajstić information content (AvgIpc) is 2.25. The van der Waals surface area contributed by atoms with Gasteiger partial charge in [0.15, 0.2) is 0 Å². The summed E-state index contributed by atoms with van der Waals surface area (Å²) < 4.78 is 0. The van der Waals surface area contributed by atoms with Crippen LogP contribution in [0.15, 0.2) is 35.2 Å². The Balaban J connectivity index is 2.35. The molecular weight excluding hydrogens is 204 g/mol. The summed E-state index contributed by atoms with van der Waals surface area (Å²) in [7, 11) is 0. The van der Waals surface area contributed by atoms with Crippen molar-refractivity contribution >= 4 is 11.8 Å². The highest BCUT2D eigenvalue weighted by atomic mass is 32.2. The molecule has 0 aliphatic rings. The van der Waals surface area contributed by atoms with Crippen molar-refractivity contribution in [2.75, 3.05) is 5.75 Å². The van der Waals surface area contributed by atoms with Crippen molar-refractivity contribution < 1.29 is 5.11 Å². The van der Waals surface area contributed by atoms with E-state index in [0.717, 1.165) is 25.0 Å². The van der Waals surface area contributed by atoms with Gasteiger partial charge in [0.2, 0.25) is 0 Å². The van der Waals surface area contributed by atoms with Gasteiger partial charge in [0, 0.05) is 10.6 Å². The summed E-state index contributed by atoms with van der Waals surface area (Å²) in [5.74, 6) is 0.775. The lowest BCUT2D eigenvalue weighted by atomic mass is 10.0. The molecule has 1 nitrogen and oxygen atoms in total. The summed E-state index contributed by atoms with van der Waals surface area (Å²) >= 11 is 1.73. The van der Waals surface area contributed by atoms with Crippen LogP contribution < -0.4 is 0 Å². The second-order valence-corrected chi connectivity index (χ2v) is 5.25. The minimum absolute atomic E-state index is 0.531. The van der Waals surface area contributed by atoms with Gasteiger partial charge in [0.1, 0.15) is 0 Å². The molecule has 0 amide bonds. The fraction of sp³-hybridized carbons (Fsp3) is 0.538. The Kier molecular flexibility index (Phi) is 5.20. The zero-order valence-electron chi connectivity index (χ0n) is 9.57. The summed E-state index contributed by atoms with van der Waals surface area (Å²) in [6.07, 6.45) is 3.14. The highest BCUT2D eigenvalue weighted by molar-refractivity contribution is 7.99. The molecule has 2 heteroatoms. The van der Waals surface area contributed by atoms with Gasteiger partial charge in [-0.25, -0.2) is 0 Å². The summed E-state index contributed by atoms with van der Waals surface area (Å²) in [6, 6.07) is 10.2. The lowest BCUT2D eigenvalue weighted by Crippen LogP contribution is -2.26. The van der Waals surface area contributed by atoms with Gasteiger partial charge in [-0.15, -0.1) is 11.8 Å². The Morgan fingerprint density at radius 1 is 1.27 bits per heavy atom. The molecule has 1 aromatic rings. The van der Waals surface area contributed by atoms with E-state index in [0.29, 0.717) is 0 Å². The molecule has 1 atom stereocenters. The first-order valence-corrected chi connectivity index (χ1v) is 6.53. The molecule has 0 saturated heterocycles. The number of hydrogen-bond acceptors (Lipinski definition) is 2. The van der Waals surface area contributed by atoms with Gasteiger partial charge in [-0.05, 0) is 25.5 Å². The van der Waals surface area contributed by atoms with Crippen molar-refractivity contribution in [2.45, 2.75) is 43.6 Å². The van der Waals surface area contributed by atoms with Gasteiger partial charge < -0.3 is 5.11 Å². The van der Waals surface area contributed by atoms with Gasteiger partial charge in [0.05, 0.1) is 5.60 Å². The van der Waals surface area contributed by atoms with Gasteiger partial charge in [-0.1, -0.05) is 38.0 Å². The largest absolute Gasteiger partial charge is 0.389 e. The molecule has 0 radical (unpaired) electrons. The number of aliphatic hydroxyl groups is 1. The first-order valence-electron chi connectivity index (χ1n) is 5.54. The number of thioether (sulfide) groups is 1. The van der Waals surface area contributed by atoms with Gasteiger partial charge >= 0.3 is 0 Å². The highest BCUT2D eigenvalue weighted by Crippen LogP contribution is 2.25. The van der Waals surface area contributed by atoms with Crippen molar-refractivity contribution in [2.24, 2.45) is 0 Å². The molecule has 0 fully saturated rings. The zero-order valence-corrected chi connectivity index (χ0v) is 10.4. The van der Waals surface area contributed by atoms with E-state index >= 15 is 0 Å². The quantitative estimate of drug-likeness (QED) is 0.743. The third kappa shape index (κ3) is 5.24. The fourth-order valence-electron chi connectivity index (χ4n) is 1.39. The predicted molar refractivity (Wildman–Crippen MR) is 67.3 cm³/mol. The molecule has 1 unspecified atom stereocenters. The third-order valence-electron chi connectivity index (χ3n) is 2.36. The topological polar surface area (TPSA) is 20.2 Å². The molecule has 0 spiro atoms. The van der Waals surface area contributed by atoms with Crippen molar-refractivity contribution in [3.8, 4) is 0 Å². The maximum Gasteiger partial charge on any atom is 0.0713 e. The highest BCUT2D eigenvalue weighted by Gasteiger charge is 2.19. The normalized spacial score (nSPS) is 14.9. The van der Waals surface area contributed by atoms with Crippen LogP contribution >= 0.6 is 11.8 Å². The average molecular weight is 224 g/mol. The molecule has 1 rings (SSSR count). The van der Waals surface area contributed by atoms with Crippen LogP contribution in [0.5, 0.6) is 0 Å². The summed E-state index contributed by atoms with van der Waals surface area (Å²) in [5, 5.41) is 10.1. The Hall–Kier alpha value is -0.470. The minimum atomic E-state index is -0.531. The van der Waals surface area contributed by atoms with Crippen molar-refractivity contribution in [1.82, 2.24) is 0 Å². The molecule has 15 heavy (non-hydrogen) atoms. The molecule has 0 aromatic heterocycles. The van der Waals surface area contributed by atoms with E-state index in [4.69, 9.17) is 0 Å². The van der Waals surface area contributed by atoms with Crippen LogP contribution in [0.25, 0.3) is 0 Å². The van der Waals surface area contributed by atoms with E-state index in [1.165, 1.54) is 4.90 Å². The van der Waals surface area contributed by atoms with Crippen molar-refractivity contribution in [3.63, 3.8) is 0 Å². The van der Waals surface area contributed by atoms with Crippen LogP contribution in [0, 0.1) is 0 Å². The van der Waals surface area contributed by atoms with Crippen LogP contribution in [-0.4, -0.2) is 16.5 Å². The van der Waals surface area contributed by atoms with Crippen LogP contribution in [0.2, 0.25) is 0 Å². The standard InChI is InChI=1S/C13H20OS/c1-3-4-10-13(2,14)11-15-12-8-6-5-7-9-12/h5-9,14H,3-4,10-11H2,1-2H3. The third-order valence-corrected chi connectivity index (χ3v) is 3.73. The maximum absolute atomic E-state index is 10.1. The summed E-state index contributed by atoms with van der Waals surface area (Å²) in [5.41, 5.74) is -0.531. The number of hydrogen-bond donors (Lipinski definition) is 1. The Morgan fingerprint density at radius 3 is 2.53 bits per heavy atom. The minimum Gasteiger partial charge on any atom is -0.389 e. The first-order chi connectivity index (χ1) is 7.14. The van der Waals surface area contributed by atoms with Crippen LogP contribution in [-0.2, 0) is 0 Å². The van der Waals surface area contributed by atoms with Gasteiger partial charge in [0.25, 0.3) is 0 Å². The SMILES string of the molecule is CCCCC(C)(O)CSc1ccccc1. The molecule has 1 N–H and O–H groups in total. The lowest BCUT2D eigenvalue weighted by molar-refractivity contribution is 0.0736. The van der Waals surface area contributed by atoms with E-state index in [-0.39, 0.29) is 0 Å². The Bertz CT molecular complexity index is 269. The number of benzene rings is 1. The molecule has 0 bridgehead atoms. The maximum atomic E-state index is 10.1. The summed E-state index contributed by atoms with van der Waals surface area (Å²) in [4.78, 5) is 1.23. The lowest BCUT2D eigenvalue weighted by Gasteiger charge is -2.22. The van der Waals surface area contributed by atoms with Gasteiger partial charge in [-0.3, -0.25) is 0 Å². The van der Waals surface area contributed by atoms with Crippen LogP contribution in [0.3, 0.4) is 0 Å². The van der Waals surface area contributed by atoms with E-state index in [2.05, 4.69) is 19.1 Å². The summed E-state index contributed by atoms with van der Waals surface area (Å²) in [6.45, 7) is 4.08. The van der Waals surface area contributed by atoms with Crippen molar-refractivity contribution in [1.29, 1.82) is 0 Å². The molecule has 1 aromatic carbocycles. The van der Waals surface area contributed by atoms with Crippen molar-refractivity contribution in [3.05, 3.63) is 30.3 Å². The second-order valence-electron chi connectivity index (χ2n) is 4.20. The Labute approximate surface area is 96.9 Å². The second kappa shape index (κ2) is 6.19. The fourth-order valence-corrected chi connectivity index (χ4v) is 2.36. The van der Waals surface area contributed by atoms with Crippen LogP contribution in [0.4, 0.5) is 0 Å². The number of rotatable bonds is 6. The van der Waals surface area contributed by atoms with E-state index < -0.39 is 5.60 Å². The molecule has 84 valence electrons. The molecule has 0 aliphatic heterocycles. The first kappa shape index (κ1) is 12.6. The van der Waals surface area contributed by atoms with E-state index in [9.17, 15) is 5.11 Å². The molecule has 0 saturated carbocycles. The zero-order chi connectivity index (χ0) is 11.1. The predicted octanol–water partition coefficient (Wildman–Crippen LogP) is 3.72. The Morgan fingerprint density at radius 2 is 1.93 bits per heavy atom.